The van der Waals surface area contributed by atoms with Crippen LogP contribution in [-0.4, -0.2) is 32.3 Å². The van der Waals surface area contributed by atoms with Gasteiger partial charge in [-0.2, -0.15) is 0 Å². The summed E-state index contributed by atoms with van der Waals surface area (Å²) < 4.78 is 10.0. The number of carbonyl (C=O) groups excluding carboxylic acids is 1. The number of hydrogen-bond donors (Lipinski definition) is 0. The van der Waals surface area contributed by atoms with Crippen molar-refractivity contribution in [1.29, 1.82) is 0 Å². The van der Waals surface area contributed by atoms with E-state index in [1.165, 1.54) is 7.11 Å². The lowest BCUT2D eigenvalue weighted by atomic mass is 10.1. The van der Waals surface area contributed by atoms with Crippen LogP contribution in [0.4, 0.5) is 5.69 Å². The van der Waals surface area contributed by atoms with E-state index in [2.05, 4.69) is 30.9 Å². The fourth-order valence-electron chi connectivity index (χ4n) is 2.47. The molecule has 1 heterocycles. The molecule has 2 rings (SSSR count). The maximum atomic E-state index is 11.6. The van der Waals surface area contributed by atoms with Gasteiger partial charge in [0.25, 0.3) is 0 Å². The van der Waals surface area contributed by atoms with Crippen LogP contribution in [-0.2, 0) is 4.74 Å². The number of esters is 1. The Morgan fingerprint density at radius 1 is 1.16 bits per heavy atom. The summed E-state index contributed by atoms with van der Waals surface area (Å²) >= 11 is 0. The van der Waals surface area contributed by atoms with Gasteiger partial charge in [0.2, 0.25) is 0 Å². The molecule has 0 spiro atoms. The lowest BCUT2D eigenvalue weighted by Crippen LogP contribution is -2.33. The zero-order chi connectivity index (χ0) is 14.0. The second kappa shape index (κ2) is 5.34. The molecule has 0 aliphatic carbocycles. The normalized spacial score (nSPS) is 21.6. The van der Waals surface area contributed by atoms with E-state index in [9.17, 15) is 4.79 Å². The molecular weight excluding hydrogens is 242 g/mol. The molecular formula is C15H19NO3. The standard InChI is InChI=1S/C15H19NO3/c1-10-5-6-11(2)16(10)12-7-8-13(15(17)19-4)14(9-12)18-3/h5-11H,1-4H3. The van der Waals surface area contributed by atoms with Gasteiger partial charge >= 0.3 is 5.97 Å². The minimum atomic E-state index is -0.385. The Balaban J connectivity index is 2.37. The molecule has 1 aromatic carbocycles. The highest BCUT2D eigenvalue weighted by Crippen LogP contribution is 2.31. The number of anilines is 1. The predicted molar refractivity (Wildman–Crippen MR) is 74.9 cm³/mol. The van der Waals surface area contributed by atoms with Gasteiger partial charge in [-0.15, -0.1) is 0 Å². The van der Waals surface area contributed by atoms with Crippen molar-refractivity contribution in [2.75, 3.05) is 19.1 Å². The molecule has 2 unspecified atom stereocenters. The van der Waals surface area contributed by atoms with E-state index in [1.807, 2.05) is 12.1 Å². The average molecular weight is 261 g/mol. The Morgan fingerprint density at radius 2 is 1.79 bits per heavy atom. The highest BCUT2D eigenvalue weighted by molar-refractivity contribution is 5.93. The van der Waals surface area contributed by atoms with Crippen LogP contribution in [0, 0.1) is 0 Å². The van der Waals surface area contributed by atoms with Crippen LogP contribution in [0.15, 0.2) is 30.4 Å². The first-order chi connectivity index (χ1) is 9.08. The maximum absolute atomic E-state index is 11.6. The largest absolute Gasteiger partial charge is 0.496 e. The van der Waals surface area contributed by atoms with Crippen LogP contribution in [0.2, 0.25) is 0 Å². The number of rotatable bonds is 3. The molecule has 0 radical (unpaired) electrons. The Labute approximate surface area is 113 Å². The maximum Gasteiger partial charge on any atom is 0.341 e. The van der Waals surface area contributed by atoms with E-state index < -0.39 is 0 Å². The van der Waals surface area contributed by atoms with Gasteiger partial charge in [0, 0.05) is 23.8 Å². The number of hydrogen-bond acceptors (Lipinski definition) is 4. The predicted octanol–water partition coefficient (Wildman–Crippen LogP) is 2.64. The van der Waals surface area contributed by atoms with Gasteiger partial charge in [0.1, 0.15) is 11.3 Å². The zero-order valence-electron chi connectivity index (χ0n) is 11.7. The molecule has 0 fully saturated rings. The average Bonchev–Trinajstić information content (AvgIpc) is 2.76. The number of nitrogens with zero attached hydrogens (tertiary/aromatic N) is 1. The summed E-state index contributed by atoms with van der Waals surface area (Å²) in [6, 6.07) is 6.23. The first-order valence-corrected chi connectivity index (χ1v) is 6.31. The van der Waals surface area contributed by atoms with Gasteiger partial charge in [0.15, 0.2) is 0 Å². The van der Waals surface area contributed by atoms with E-state index in [0.717, 1.165) is 5.69 Å². The van der Waals surface area contributed by atoms with Crippen LogP contribution in [0.25, 0.3) is 0 Å². The molecule has 4 heteroatoms. The molecule has 0 amide bonds. The summed E-state index contributed by atoms with van der Waals surface area (Å²) in [5.74, 6) is 0.152. The Kier molecular flexibility index (Phi) is 3.79. The lowest BCUT2D eigenvalue weighted by Gasteiger charge is -2.29. The fraction of sp³-hybridized carbons (Fsp3) is 0.400. The fourth-order valence-corrected chi connectivity index (χ4v) is 2.47. The molecule has 1 aliphatic heterocycles. The van der Waals surface area contributed by atoms with Crippen molar-refractivity contribution in [2.24, 2.45) is 0 Å². The van der Waals surface area contributed by atoms with Crippen molar-refractivity contribution in [3.05, 3.63) is 35.9 Å². The number of benzene rings is 1. The van der Waals surface area contributed by atoms with Crippen LogP contribution in [0.3, 0.4) is 0 Å². The molecule has 4 nitrogen and oxygen atoms in total. The van der Waals surface area contributed by atoms with Gasteiger partial charge < -0.3 is 14.4 Å². The molecule has 102 valence electrons. The summed E-state index contributed by atoms with van der Waals surface area (Å²) in [5, 5.41) is 0. The second-order valence-corrected chi connectivity index (χ2v) is 4.65. The number of methoxy groups -OCH3 is 2. The zero-order valence-corrected chi connectivity index (χ0v) is 11.7. The highest BCUT2D eigenvalue weighted by atomic mass is 16.5. The monoisotopic (exact) mass is 261 g/mol. The summed E-state index contributed by atoms with van der Waals surface area (Å²) in [7, 11) is 2.92. The van der Waals surface area contributed by atoms with Crippen LogP contribution >= 0.6 is 0 Å². The van der Waals surface area contributed by atoms with Crippen LogP contribution in [0.1, 0.15) is 24.2 Å². The Morgan fingerprint density at radius 3 is 2.32 bits per heavy atom. The van der Waals surface area contributed by atoms with E-state index in [-0.39, 0.29) is 5.97 Å². The van der Waals surface area contributed by atoms with Crippen molar-refractivity contribution in [3.63, 3.8) is 0 Å². The first-order valence-electron chi connectivity index (χ1n) is 6.31. The highest BCUT2D eigenvalue weighted by Gasteiger charge is 2.24. The molecule has 0 bridgehead atoms. The molecule has 1 aromatic rings. The minimum Gasteiger partial charge on any atom is -0.496 e. The lowest BCUT2D eigenvalue weighted by molar-refractivity contribution is 0.0597. The van der Waals surface area contributed by atoms with E-state index in [1.54, 1.807) is 13.2 Å². The van der Waals surface area contributed by atoms with Crippen molar-refractivity contribution in [2.45, 2.75) is 25.9 Å². The molecule has 0 N–H and O–H groups in total. The minimum absolute atomic E-state index is 0.337. The molecule has 19 heavy (non-hydrogen) atoms. The molecule has 0 saturated heterocycles. The van der Waals surface area contributed by atoms with Gasteiger partial charge in [0.05, 0.1) is 14.2 Å². The molecule has 2 atom stereocenters. The van der Waals surface area contributed by atoms with Crippen molar-refractivity contribution in [3.8, 4) is 5.75 Å². The summed E-state index contributed by atoms with van der Waals surface area (Å²) in [5.41, 5.74) is 1.48. The molecule has 0 saturated carbocycles. The third kappa shape index (κ3) is 2.43. The van der Waals surface area contributed by atoms with Crippen molar-refractivity contribution < 1.29 is 14.3 Å². The number of ether oxygens (including phenoxy) is 2. The summed E-state index contributed by atoms with van der Waals surface area (Å²) in [4.78, 5) is 13.9. The smallest absolute Gasteiger partial charge is 0.341 e. The van der Waals surface area contributed by atoms with Gasteiger partial charge in [-0.1, -0.05) is 12.2 Å². The third-order valence-electron chi connectivity index (χ3n) is 3.43. The van der Waals surface area contributed by atoms with Crippen molar-refractivity contribution >= 4 is 11.7 Å². The van der Waals surface area contributed by atoms with E-state index in [0.29, 0.717) is 23.4 Å². The first kappa shape index (κ1) is 13.5. The second-order valence-electron chi connectivity index (χ2n) is 4.65. The third-order valence-corrected chi connectivity index (χ3v) is 3.43. The quantitative estimate of drug-likeness (QED) is 0.619. The number of carbonyl (C=O) groups is 1. The van der Waals surface area contributed by atoms with Crippen LogP contribution < -0.4 is 9.64 Å². The topological polar surface area (TPSA) is 38.8 Å². The van der Waals surface area contributed by atoms with E-state index in [4.69, 9.17) is 9.47 Å². The molecule has 0 aromatic heterocycles. The van der Waals surface area contributed by atoms with Gasteiger partial charge in [-0.3, -0.25) is 0 Å². The molecule has 1 aliphatic rings. The Hall–Kier alpha value is -1.97. The van der Waals surface area contributed by atoms with Gasteiger partial charge in [-0.05, 0) is 26.0 Å². The van der Waals surface area contributed by atoms with Crippen molar-refractivity contribution in [1.82, 2.24) is 0 Å². The van der Waals surface area contributed by atoms with Crippen LogP contribution in [0.5, 0.6) is 5.75 Å². The van der Waals surface area contributed by atoms with E-state index >= 15 is 0 Å². The summed E-state index contributed by atoms with van der Waals surface area (Å²) in [6.07, 6.45) is 4.34. The van der Waals surface area contributed by atoms with Gasteiger partial charge in [-0.25, -0.2) is 4.79 Å². The SMILES string of the molecule is COC(=O)c1ccc(N2C(C)C=CC2C)cc1OC. The summed E-state index contributed by atoms with van der Waals surface area (Å²) in [6.45, 7) is 4.28. The Bertz CT molecular complexity index is 498.